The lowest BCUT2D eigenvalue weighted by atomic mass is 9.99. The molecule has 0 nitrogen and oxygen atoms in total. The van der Waals surface area contributed by atoms with Crippen molar-refractivity contribution in [3.8, 4) is 0 Å². The second-order valence-electron chi connectivity index (χ2n) is 5.12. The van der Waals surface area contributed by atoms with E-state index >= 15 is 0 Å². The zero-order valence-electron chi connectivity index (χ0n) is 11.5. The van der Waals surface area contributed by atoms with Gasteiger partial charge in [0.1, 0.15) is 0 Å². The van der Waals surface area contributed by atoms with E-state index in [0.29, 0.717) is 0 Å². The minimum absolute atomic E-state index is 0.0878. The molecule has 2 heteroatoms. The van der Waals surface area contributed by atoms with Crippen LogP contribution in [0, 0.1) is 20.8 Å². The third kappa shape index (κ3) is 3.52. The van der Waals surface area contributed by atoms with Crippen molar-refractivity contribution in [2.24, 2.45) is 0 Å². The highest BCUT2D eigenvalue weighted by molar-refractivity contribution is 6.32. The van der Waals surface area contributed by atoms with Crippen molar-refractivity contribution in [2.45, 2.75) is 32.6 Å². The van der Waals surface area contributed by atoms with Crippen molar-refractivity contribution in [1.82, 2.24) is 0 Å². The molecule has 0 spiro atoms. The number of alkyl halides is 1. The van der Waals surface area contributed by atoms with Gasteiger partial charge in [-0.2, -0.15) is 0 Å². The van der Waals surface area contributed by atoms with E-state index < -0.39 is 0 Å². The Labute approximate surface area is 125 Å². The molecule has 0 bridgehead atoms. The normalized spacial score (nSPS) is 12.5. The van der Waals surface area contributed by atoms with E-state index in [1.54, 1.807) is 0 Å². The minimum Gasteiger partial charge on any atom is -0.117 e. The lowest BCUT2D eigenvalue weighted by Gasteiger charge is -2.13. The first-order valence-corrected chi connectivity index (χ1v) is 7.25. The fourth-order valence-corrected chi connectivity index (χ4v) is 2.92. The van der Waals surface area contributed by atoms with Crippen molar-refractivity contribution in [3.05, 3.63) is 69.2 Å². The van der Waals surface area contributed by atoms with Crippen LogP contribution in [0.25, 0.3) is 0 Å². The number of hydrogen-bond acceptors (Lipinski definition) is 0. The summed E-state index contributed by atoms with van der Waals surface area (Å²) in [4.78, 5) is 0. The summed E-state index contributed by atoms with van der Waals surface area (Å²) in [6.45, 7) is 6.28. The fraction of sp³-hybridized carbons (Fsp3) is 0.294. The fourth-order valence-electron chi connectivity index (χ4n) is 2.13. The lowest BCUT2D eigenvalue weighted by molar-refractivity contribution is 0.916. The minimum atomic E-state index is -0.0878. The maximum Gasteiger partial charge on any atom is 0.0640 e. The molecule has 0 heterocycles. The maximum atomic E-state index is 6.51. The molecule has 0 aliphatic carbocycles. The first-order valence-electron chi connectivity index (χ1n) is 6.43. The average molecular weight is 293 g/mol. The molecule has 0 radical (unpaired) electrons. The zero-order chi connectivity index (χ0) is 14.0. The van der Waals surface area contributed by atoms with E-state index in [2.05, 4.69) is 38.1 Å². The van der Waals surface area contributed by atoms with Crippen LogP contribution < -0.4 is 0 Å². The zero-order valence-corrected chi connectivity index (χ0v) is 13.0. The number of halogens is 2. The number of aryl methyl sites for hydroxylation is 3. The summed E-state index contributed by atoms with van der Waals surface area (Å²) < 4.78 is 0. The molecule has 0 aliphatic heterocycles. The molecule has 0 aromatic heterocycles. The van der Waals surface area contributed by atoms with E-state index in [-0.39, 0.29) is 5.38 Å². The highest BCUT2D eigenvalue weighted by Gasteiger charge is 2.13. The average Bonchev–Trinajstić information content (AvgIpc) is 2.33. The number of hydrogen-bond donors (Lipinski definition) is 0. The SMILES string of the molecule is Cc1ccc(C(Cl)Cc2ccc(C)c(C)c2)c(Cl)c1. The van der Waals surface area contributed by atoms with Gasteiger partial charge in [0.25, 0.3) is 0 Å². The van der Waals surface area contributed by atoms with Gasteiger partial charge in [-0.3, -0.25) is 0 Å². The molecule has 0 amide bonds. The smallest absolute Gasteiger partial charge is 0.0640 e. The molecule has 1 atom stereocenters. The Kier molecular flexibility index (Phi) is 4.54. The Morgan fingerprint density at radius 3 is 2.32 bits per heavy atom. The van der Waals surface area contributed by atoms with Crippen molar-refractivity contribution < 1.29 is 0 Å². The maximum absolute atomic E-state index is 6.51. The summed E-state index contributed by atoms with van der Waals surface area (Å²) in [6.07, 6.45) is 0.797. The third-order valence-electron chi connectivity index (χ3n) is 3.48. The summed E-state index contributed by atoms with van der Waals surface area (Å²) in [5.41, 5.74) is 6.02. The molecule has 0 aliphatic rings. The van der Waals surface area contributed by atoms with Crippen molar-refractivity contribution in [1.29, 1.82) is 0 Å². The van der Waals surface area contributed by atoms with Crippen LogP contribution in [0.1, 0.15) is 33.2 Å². The molecular weight excluding hydrogens is 275 g/mol. The molecule has 100 valence electrons. The Morgan fingerprint density at radius 1 is 0.947 bits per heavy atom. The molecule has 1 unspecified atom stereocenters. The van der Waals surface area contributed by atoms with Crippen LogP contribution in [-0.2, 0) is 6.42 Å². The monoisotopic (exact) mass is 292 g/mol. The van der Waals surface area contributed by atoms with E-state index in [9.17, 15) is 0 Å². The van der Waals surface area contributed by atoms with Crippen LogP contribution in [0.2, 0.25) is 5.02 Å². The Bertz CT molecular complexity index is 588. The predicted octanol–water partition coefficient (Wildman–Crippen LogP) is 5.79. The van der Waals surface area contributed by atoms with E-state index in [0.717, 1.165) is 22.6 Å². The van der Waals surface area contributed by atoms with Gasteiger partial charge < -0.3 is 0 Å². The second kappa shape index (κ2) is 5.98. The van der Waals surface area contributed by atoms with Crippen LogP contribution in [0.15, 0.2) is 36.4 Å². The molecule has 2 aromatic rings. The van der Waals surface area contributed by atoms with Crippen LogP contribution in [0.3, 0.4) is 0 Å². The van der Waals surface area contributed by atoms with Gasteiger partial charge in [-0.1, -0.05) is 41.9 Å². The highest BCUT2D eigenvalue weighted by Crippen LogP contribution is 2.31. The number of rotatable bonds is 3. The first kappa shape index (κ1) is 14.4. The van der Waals surface area contributed by atoms with Gasteiger partial charge in [-0.05, 0) is 61.1 Å². The topological polar surface area (TPSA) is 0 Å². The molecular formula is C17H18Cl2. The van der Waals surface area contributed by atoms with Crippen molar-refractivity contribution in [2.75, 3.05) is 0 Å². The van der Waals surface area contributed by atoms with Gasteiger partial charge in [-0.25, -0.2) is 0 Å². The van der Waals surface area contributed by atoms with Gasteiger partial charge in [0.2, 0.25) is 0 Å². The van der Waals surface area contributed by atoms with Gasteiger partial charge in [0.05, 0.1) is 5.38 Å². The van der Waals surface area contributed by atoms with E-state index in [4.69, 9.17) is 23.2 Å². The Morgan fingerprint density at radius 2 is 1.68 bits per heavy atom. The summed E-state index contributed by atoms with van der Waals surface area (Å²) in [5, 5.41) is 0.666. The summed E-state index contributed by atoms with van der Waals surface area (Å²) in [6, 6.07) is 12.5. The molecule has 0 N–H and O–H groups in total. The van der Waals surface area contributed by atoms with Crippen LogP contribution in [-0.4, -0.2) is 0 Å². The first-order chi connectivity index (χ1) is 8.97. The number of benzene rings is 2. The molecule has 2 rings (SSSR count). The van der Waals surface area contributed by atoms with Gasteiger partial charge >= 0.3 is 0 Å². The summed E-state index contributed by atoms with van der Waals surface area (Å²) in [7, 11) is 0. The summed E-state index contributed by atoms with van der Waals surface area (Å²) in [5.74, 6) is 0. The van der Waals surface area contributed by atoms with Gasteiger partial charge in [0, 0.05) is 5.02 Å². The molecule has 0 fully saturated rings. The van der Waals surface area contributed by atoms with Crippen LogP contribution in [0.4, 0.5) is 0 Å². The highest BCUT2D eigenvalue weighted by atomic mass is 35.5. The molecule has 2 aromatic carbocycles. The molecule has 0 saturated heterocycles. The summed E-state index contributed by atoms with van der Waals surface area (Å²) >= 11 is 12.8. The van der Waals surface area contributed by atoms with Crippen LogP contribution in [0.5, 0.6) is 0 Å². The Hall–Kier alpha value is -0.980. The predicted molar refractivity (Wildman–Crippen MR) is 84.4 cm³/mol. The van der Waals surface area contributed by atoms with Crippen molar-refractivity contribution >= 4 is 23.2 Å². The van der Waals surface area contributed by atoms with Crippen LogP contribution >= 0.6 is 23.2 Å². The van der Waals surface area contributed by atoms with E-state index in [1.165, 1.54) is 16.7 Å². The molecule has 0 saturated carbocycles. The standard InChI is InChI=1S/C17H18Cl2/c1-11-4-7-15(16(18)8-11)17(19)10-14-6-5-12(2)13(3)9-14/h4-9,17H,10H2,1-3H3. The van der Waals surface area contributed by atoms with Crippen molar-refractivity contribution in [3.63, 3.8) is 0 Å². The lowest BCUT2D eigenvalue weighted by Crippen LogP contribution is -1.98. The third-order valence-corrected chi connectivity index (χ3v) is 4.20. The quantitative estimate of drug-likeness (QED) is 0.628. The van der Waals surface area contributed by atoms with Gasteiger partial charge in [0.15, 0.2) is 0 Å². The van der Waals surface area contributed by atoms with Gasteiger partial charge in [-0.15, -0.1) is 11.6 Å². The Balaban J connectivity index is 2.20. The molecule has 19 heavy (non-hydrogen) atoms. The van der Waals surface area contributed by atoms with E-state index in [1.807, 2.05) is 19.1 Å². The largest absolute Gasteiger partial charge is 0.117 e. The second-order valence-corrected chi connectivity index (χ2v) is 6.05.